The number of nitrogens with zero attached hydrogens (tertiary/aromatic N) is 1. The Morgan fingerprint density at radius 2 is 2.00 bits per heavy atom. The van der Waals surface area contributed by atoms with Gasteiger partial charge in [-0.25, -0.2) is 0 Å². The predicted molar refractivity (Wildman–Crippen MR) is 85.7 cm³/mol. The van der Waals surface area contributed by atoms with Gasteiger partial charge < -0.3 is 9.64 Å². The molecule has 0 aromatic heterocycles. The smallest absolute Gasteiger partial charge is 0.257 e. The maximum atomic E-state index is 13.0. The van der Waals surface area contributed by atoms with Crippen molar-refractivity contribution in [3.05, 3.63) is 28.8 Å². The van der Waals surface area contributed by atoms with Crippen molar-refractivity contribution < 1.29 is 19.1 Å². The minimum Gasteiger partial charge on any atom is -0.496 e. The third-order valence-corrected chi connectivity index (χ3v) is 5.52. The Morgan fingerprint density at radius 1 is 1.25 bits per heavy atom. The number of carbonyl (C=O) groups is 3. The van der Waals surface area contributed by atoms with Gasteiger partial charge >= 0.3 is 0 Å². The van der Waals surface area contributed by atoms with E-state index in [4.69, 9.17) is 4.74 Å². The highest BCUT2D eigenvalue weighted by Crippen LogP contribution is 2.39. The average Bonchev–Trinajstić information content (AvgIpc) is 3.25. The van der Waals surface area contributed by atoms with Crippen LogP contribution in [0.2, 0.25) is 0 Å². The van der Waals surface area contributed by atoms with E-state index in [1.165, 1.54) is 11.1 Å². The number of imide groups is 1. The summed E-state index contributed by atoms with van der Waals surface area (Å²) in [5, 5.41) is 2.36. The lowest BCUT2D eigenvalue weighted by atomic mass is 9.85. The molecular formula is C18H20N2O4. The van der Waals surface area contributed by atoms with Gasteiger partial charge in [-0.2, -0.15) is 0 Å². The molecular weight excluding hydrogens is 308 g/mol. The SMILES string of the molecule is COc1cc2c(cc1C(=O)N1CC[C@@]3(CC(=O)NC3=O)C1)CCC2. The normalized spacial score (nSPS) is 25.3. The zero-order valence-electron chi connectivity index (χ0n) is 13.7. The van der Waals surface area contributed by atoms with E-state index in [0.717, 1.165) is 19.3 Å². The average molecular weight is 328 g/mol. The van der Waals surface area contributed by atoms with Crippen LogP contribution < -0.4 is 10.1 Å². The molecule has 1 aliphatic carbocycles. The lowest BCUT2D eigenvalue weighted by Gasteiger charge is -2.21. The number of hydrogen-bond donors (Lipinski definition) is 1. The summed E-state index contributed by atoms with van der Waals surface area (Å²) in [6.45, 7) is 0.781. The Labute approximate surface area is 140 Å². The molecule has 1 aromatic rings. The number of methoxy groups -OCH3 is 1. The van der Waals surface area contributed by atoms with Gasteiger partial charge in [0.05, 0.1) is 18.1 Å². The van der Waals surface area contributed by atoms with E-state index in [0.29, 0.717) is 30.8 Å². The lowest BCUT2D eigenvalue weighted by molar-refractivity contribution is -0.128. The van der Waals surface area contributed by atoms with E-state index < -0.39 is 5.41 Å². The number of carbonyl (C=O) groups excluding carboxylic acids is 3. The molecule has 6 nitrogen and oxygen atoms in total. The highest BCUT2D eigenvalue weighted by atomic mass is 16.5. The number of hydrogen-bond acceptors (Lipinski definition) is 4. The molecule has 4 rings (SSSR count). The number of amides is 3. The third kappa shape index (κ3) is 2.20. The van der Waals surface area contributed by atoms with Crippen LogP contribution in [-0.4, -0.2) is 42.8 Å². The first-order valence-electron chi connectivity index (χ1n) is 8.36. The molecule has 6 heteroatoms. The van der Waals surface area contributed by atoms with Gasteiger partial charge in [0.1, 0.15) is 5.75 Å². The number of ether oxygens (including phenoxy) is 1. The van der Waals surface area contributed by atoms with Crippen molar-refractivity contribution in [3.8, 4) is 5.75 Å². The van der Waals surface area contributed by atoms with Crippen LogP contribution in [0.3, 0.4) is 0 Å². The summed E-state index contributed by atoms with van der Waals surface area (Å²) < 4.78 is 5.43. The summed E-state index contributed by atoms with van der Waals surface area (Å²) in [5.74, 6) is -0.0211. The minimum atomic E-state index is -0.739. The van der Waals surface area contributed by atoms with Gasteiger partial charge in [-0.3, -0.25) is 19.7 Å². The van der Waals surface area contributed by atoms with Gasteiger partial charge in [-0.15, -0.1) is 0 Å². The molecule has 2 saturated heterocycles. The van der Waals surface area contributed by atoms with Crippen molar-refractivity contribution in [2.45, 2.75) is 32.1 Å². The standard InChI is InChI=1S/C18H20N2O4/c1-24-14-8-12-4-2-3-11(12)7-13(14)16(22)20-6-5-18(10-20)9-15(21)19-17(18)23/h7-8H,2-6,9-10H2,1H3,(H,19,21,23)/t18-/m1/s1. The van der Waals surface area contributed by atoms with Gasteiger partial charge in [-0.1, -0.05) is 0 Å². The molecule has 1 spiro atoms. The van der Waals surface area contributed by atoms with Crippen LogP contribution >= 0.6 is 0 Å². The van der Waals surface area contributed by atoms with Gasteiger partial charge in [-0.05, 0) is 48.9 Å². The lowest BCUT2D eigenvalue weighted by Crippen LogP contribution is -2.36. The monoisotopic (exact) mass is 328 g/mol. The Balaban J connectivity index is 1.61. The van der Waals surface area contributed by atoms with Gasteiger partial charge in [0.15, 0.2) is 0 Å². The van der Waals surface area contributed by atoms with Crippen LogP contribution in [0.15, 0.2) is 12.1 Å². The highest BCUT2D eigenvalue weighted by molar-refractivity contribution is 6.07. The first-order valence-corrected chi connectivity index (χ1v) is 8.36. The fourth-order valence-corrected chi connectivity index (χ4v) is 4.17. The zero-order chi connectivity index (χ0) is 16.9. The van der Waals surface area contributed by atoms with Gasteiger partial charge in [0.25, 0.3) is 5.91 Å². The molecule has 2 heterocycles. The Morgan fingerprint density at radius 3 is 2.67 bits per heavy atom. The maximum absolute atomic E-state index is 13.0. The fraction of sp³-hybridized carbons (Fsp3) is 0.500. The molecule has 0 radical (unpaired) electrons. The van der Waals surface area contributed by atoms with E-state index in [9.17, 15) is 14.4 Å². The fourth-order valence-electron chi connectivity index (χ4n) is 4.17. The van der Waals surface area contributed by atoms with E-state index in [1.54, 1.807) is 12.0 Å². The topological polar surface area (TPSA) is 75.7 Å². The summed E-state index contributed by atoms with van der Waals surface area (Å²) in [7, 11) is 1.57. The minimum absolute atomic E-state index is 0.120. The van der Waals surface area contributed by atoms with E-state index in [2.05, 4.69) is 5.32 Å². The van der Waals surface area contributed by atoms with Gasteiger partial charge in [0, 0.05) is 19.5 Å². The molecule has 0 bridgehead atoms. The predicted octanol–water partition coefficient (Wildman–Crippen LogP) is 1.06. The Hall–Kier alpha value is -2.37. The molecule has 1 N–H and O–H groups in total. The van der Waals surface area contributed by atoms with Crippen molar-refractivity contribution in [1.82, 2.24) is 10.2 Å². The second-order valence-corrected chi connectivity index (χ2v) is 6.99. The largest absolute Gasteiger partial charge is 0.496 e. The molecule has 1 atom stereocenters. The van der Waals surface area contributed by atoms with Crippen LogP contribution in [0.25, 0.3) is 0 Å². The molecule has 126 valence electrons. The zero-order valence-corrected chi connectivity index (χ0v) is 13.7. The van der Waals surface area contributed by atoms with Crippen LogP contribution in [-0.2, 0) is 22.4 Å². The summed E-state index contributed by atoms with van der Waals surface area (Å²) in [6.07, 6.45) is 3.82. The van der Waals surface area contributed by atoms with Crippen LogP contribution in [0.4, 0.5) is 0 Å². The van der Waals surface area contributed by atoms with Crippen LogP contribution in [0, 0.1) is 5.41 Å². The molecule has 24 heavy (non-hydrogen) atoms. The molecule has 2 fully saturated rings. The Bertz CT molecular complexity index is 758. The molecule has 3 amide bonds. The van der Waals surface area contributed by atoms with E-state index in [1.807, 2.05) is 12.1 Å². The van der Waals surface area contributed by atoms with Crippen molar-refractivity contribution in [1.29, 1.82) is 0 Å². The van der Waals surface area contributed by atoms with Crippen molar-refractivity contribution in [2.24, 2.45) is 5.41 Å². The number of aryl methyl sites for hydroxylation is 2. The molecule has 2 aliphatic heterocycles. The van der Waals surface area contributed by atoms with Crippen molar-refractivity contribution >= 4 is 17.7 Å². The third-order valence-electron chi connectivity index (χ3n) is 5.52. The highest BCUT2D eigenvalue weighted by Gasteiger charge is 2.52. The number of likely N-dealkylation sites (tertiary alicyclic amines) is 1. The molecule has 1 aromatic carbocycles. The Kier molecular flexibility index (Phi) is 3.37. The summed E-state index contributed by atoms with van der Waals surface area (Å²) >= 11 is 0. The molecule has 0 saturated carbocycles. The molecule has 3 aliphatic rings. The second-order valence-electron chi connectivity index (χ2n) is 6.99. The number of nitrogens with one attached hydrogen (secondary N) is 1. The summed E-state index contributed by atoms with van der Waals surface area (Å²) in [4.78, 5) is 38.3. The summed E-state index contributed by atoms with van der Waals surface area (Å²) in [6, 6.07) is 3.90. The maximum Gasteiger partial charge on any atom is 0.257 e. The number of rotatable bonds is 2. The van der Waals surface area contributed by atoms with Crippen LogP contribution in [0.5, 0.6) is 5.75 Å². The number of benzene rings is 1. The number of fused-ring (bicyclic) bond motifs is 1. The second kappa shape index (κ2) is 5.33. The van der Waals surface area contributed by atoms with Crippen molar-refractivity contribution in [2.75, 3.05) is 20.2 Å². The molecule has 0 unspecified atom stereocenters. The van der Waals surface area contributed by atoms with Crippen molar-refractivity contribution in [3.63, 3.8) is 0 Å². The van der Waals surface area contributed by atoms with E-state index >= 15 is 0 Å². The summed E-state index contributed by atoms with van der Waals surface area (Å²) in [5.41, 5.74) is 2.28. The van der Waals surface area contributed by atoms with Crippen LogP contribution in [0.1, 0.15) is 40.7 Å². The first kappa shape index (κ1) is 15.2. The quantitative estimate of drug-likeness (QED) is 0.824. The first-order chi connectivity index (χ1) is 11.5. The van der Waals surface area contributed by atoms with Gasteiger partial charge in [0.2, 0.25) is 11.8 Å². The van der Waals surface area contributed by atoms with E-state index in [-0.39, 0.29) is 24.1 Å².